The predicted octanol–water partition coefficient (Wildman–Crippen LogP) is 2.03. The first kappa shape index (κ1) is 13.0. The highest BCUT2D eigenvalue weighted by molar-refractivity contribution is 8.03. The molecule has 1 aromatic rings. The van der Waals surface area contributed by atoms with Crippen LogP contribution in [0.3, 0.4) is 0 Å². The van der Waals surface area contributed by atoms with Gasteiger partial charge in [0.05, 0.1) is 24.4 Å². The second kappa shape index (κ2) is 5.46. The fraction of sp³-hybridized carbons (Fsp3) is 0.308. The van der Waals surface area contributed by atoms with Gasteiger partial charge in [0.25, 0.3) is 0 Å². The Hall–Kier alpha value is -1.46. The fourth-order valence-electron chi connectivity index (χ4n) is 1.82. The number of anilines is 1. The van der Waals surface area contributed by atoms with Crippen LogP contribution in [0, 0.1) is 0 Å². The SMILES string of the molecule is COc1ccc2c(c1)S/C(=C\C(C)=O)N2CCO. The van der Waals surface area contributed by atoms with Crippen LogP contribution in [-0.4, -0.2) is 31.2 Å². The average Bonchev–Trinajstić information content (AvgIpc) is 2.66. The Kier molecular flexibility index (Phi) is 3.93. The molecule has 0 bridgehead atoms. The van der Waals surface area contributed by atoms with Crippen LogP contribution in [0.4, 0.5) is 5.69 Å². The van der Waals surface area contributed by atoms with E-state index in [9.17, 15) is 4.79 Å². The molecule has 1 aliphatic rings. The van der Waals surface area contributed by atoms with Gasteiger partial charge in [-0.25, -0.2) is 0 Å². The molecule has 96 valence electrons. The maximum atomic E-state index is 11.2. The number of ketones is 1. The van der Waals surface area contributed by atoms with Crippen LogP contribution in [0.2, 0.25) is 0 Å². The summed E-state index contributed by atoms with van der Waals surface area (Å²) in [4.78, 5) is 14.2. The number of ether oxygens (including phenoxy) is 1. The number of hydrogen-bond donors (Lipinski definition) is 1. The van der Waals surface area contributed by atoms with Crippen molar-refractivity contribution in [3.63, 3.8) is 0 Å². The van der Waals surface area contributed by atoms with Crippen LogP contribution in [-0.2, 0) is 4.79 Å². The summed E-state index contributed by atoms with van der Waals surface area (Å²) in [6.07, 6.45) is 1.59. The number of fused-ring (bicyclic) bond motifs is 1. The number of carbonyl (C=O) groups excluding carboxylic acids is 1. The molecule has 0 saturated heterocycles. The lowest BCUT2D eigenvalue weighted by Gasteiger charge is -2.18. The third-order valence-electron chi connectivity index (χ3n) is 2.59. The van der Waals surface area contributed by atoms with Gasteiger partial charge in [0.15, 0.2) is 5.78 Å². The smallest absolute Gasteiger partial charge is 0.155 e. The number of rotatable bonds is 4. The van der Waals surface area contributed by atoms with Gasteiger partial charge < -0.3 is 14.7 Å². The largest absolute Gasteiger partial charge is 0.497 e. The number of nitrogens with zero attached hydrogens (tertiary/aromatic N) is 1. The zero-order valence-corrected chi connectivity index (χ0v) is 11.2. The highest BCUT2D eigenvalue weighted by Crippen LogP contribution is 2.47. The van der Waals surface area contributed by atoms with Crippen LogP contribution < -0.4 is 9.64 Å². The van der Waals surface area contributed by atoms with Crippen molar-refractivity contribution in [1.82, 2.24) is 0 Å². The van der Waals surface area contributed by atoms with Crippen LogP contribution in [0.15, 0.2) is 34.2 Å². The number of aliphatic hydroxyl groups is 1. The molecule has 0 spiro atoms. The van der Waals surface area contributed by atoms with Crippen LogP contribution in [0.25, 0.3) is 0 Å². The number of carbonyl (C=O) groups is 1. The first-order valence-corrected chi connectivity index (χ1v) is 6.44. The second-order valence-electron chi connectivity index (χ2n) is 3.90. The lowest BCUT2D eigenvalue weighted by molar-refractivity contribution is -0.112. The lowest BCUT2D eigenvalue weighted by atomic mass is 10.2. The Morgan fingerprint density at radius 2 is 2.33 bits per heavy atom. The molecule has 1 aliphatic heterocycles. The molecular weight excluding hydrogens is 250 g/mol. The van der Waals surface area contributed by atoms with Crippen molar-refractivity contribution >= 4 is 23.2 Å². The van der Waals surface area contributed by atoms with Crippen molar-refractivity contribution in [1.29, 1.82) is 0 Å². The molecule has 2 rings (SSSR count). The summed E-state index contributed by atoms with van der Waals surface area (Å²) < 4.78 is 5.18. The Morgan fingerprint density at radius 3 is 2.94 bits per heavy atom. The van der Waals surface area contributed by atoms with Crippen molar-refractivity contribution in [2.45, 2.75) is 11.8 Å². The van der Waals surface area contributed by atoms with E-state index < -0.39 is 0 Å². The molecule has 4 nitrogen and oxygen atoms in total. The topological polar surface area (TPSA) is 49.8 Å². The average molecular weight is 265 g/mol. The minimum atomic E-state index is 0.000195. The summed E-state index contributed by atoms with van der Waals surface area (Å²) in [6.45, 7) is 2.04. The minimum absolute atomic E-state index is 0.000195. The highest BCUT2D eigenvalue weighted by Gasteiger charge is 2.25. The normalized spacial score (nSPS) is 15.9. The molecule has 0 amide bonds. The maximum absolute atomic E-state index is 11.2. The van der Waals surface area contributed by atoms with Gasteiger partial charge in [0.1, 0.15) is 5.75 Å². The lowest BCUT2D eigenvalue weighted by Crippen LogP contribution is -2.22. The molecule has 1 heterocycles. The molecule has 0 saturated carbocycles. The van der Waals surface area contributed by atoms with Crippen molar-refractivity contribution < 1.29 is 14.6 Å². The second-order valence-corrected chi connectivity index (χ2v) is 4.97. The van der Waals surface area contributed by atoms with Crippen LogP contribution in [0.1, 0.15) is 6.92 Å². The minimum Gasteiger partial charge on any atom is -0.497 e. The van der Waals surface area contributed by atoms with E-state index in [4.69, 9.17) is 9.84 Å². The molecule has 0 unspecified atom stereocenters. The number of allylic oxidation sites excluding steroid dienone is 1. The summed E-state index contributed by atoms with van der Waals surface area (Å²) in [7, 11) is 1.62. The van der Waals surface area contributed by atoms with E-state index in [0.717, 1.165) is 21.4 Å². The van der Waals surface area contributed by atoms with Gasteiger partial charge in [-0.1, -0.05) is 11.8 Å². The fourth-order valence-corrected chi connectivity index (χ4v) is 3.03. The maximum Gasteiger partial charge on any atom is 0.155 e. The number of aliphatic hydroxyl groups excluding tert-OH is 1. The first-order chi connectivity index (χ1) is 8.65. The highest BCUT2D eigenvalue weighted by atomic mass is 32.2. The molecule has 18 heavy (non-hydrogen) atoms. The van der Waals surface area contributed by atoms with Crippen molar-refractivity contribution in [2.24, 2.45) is 0 Å². The molecule has 0 fully saturated rings. The van der Waals surface area contributed by atoms with Crippen molar-refractivity contribution in [3.05, 3.63) is 29.3 Å². The monoisotopic (exact) mass is 265 g/mol. The van der Waals surface area contributed by atoms with Gasteiger partial charge in [-0.2, -0.15) is 0 Å². The van der Waals surface area contributed by atoms with Gasteiger partial charge in [-0.15, -0.1) is 0 Å². The first-order valence-electron chi connectivity index (χ1n) is 5.62. The molecule has 1 N–H and O–H groups in total. The molecule has 0 radical (unpaired) electrons. The Bertz CT molecular complexity index is 499. The van der Waals surface area contributed by atoms with Crippen LogP contribution >= 0.6 is 11.8 Å². The summed E-state index contributed by atoms with van der Waals surface area (Å²) in [5.41, 5.74) is 1.00. The zero-order valence-electron chi connectivity index (χ0n) is 10.3. The number of benzene rings is 1. The third kappa shape index (κ3) is 2.52. The van der Waals surface area contributed by atoms with E-state index in [1.165, 1.54) is 18.7 Å². The van der Waals surface area contributed by atoms with E-state index >= 15 is 0 Å². The number of β-amino-alcohol motifs (C(OH)–C–C–N with tert-alkyl or cyclic N) is 1. The summed E-state index contributed by atoms with van der Waals surface area (Å²) in [6, 6.07) is 5.75. The molecular formula is C13H15NO3S. The molecule has 0 aliphatic carbocycles. The van der Waals surface area contributed by atoms with Gasteiger partial charge in [-0.3, -0.25) is 4.79 Å². The Balaban J connectivity index is 2.39. The Morgan fingerprint density at radius 1 is 1.56 bits per heavy atom. The van der Waals surface area contributed by atoms with Gasteiger partial charge in [0, 0.05) is 17.5 Å². The number of hydrogen-bond acceptors (Lipinski definition) is 5. The van der Waals surface area contributed by atoms with Crippen molar-refractivity contribution in [2.75, 3.05) is 25.2 Å². The Labute approximate surface area is 110 Å². The van der Waals surface area contributed by atoms with E-state index in [1.807, 2.05) is 23.1 Å². The number of thioether (sulfide) groups is 1. The van der Waals surface area contributed by atoms with E-state index in [1.54, 1.807) is 13.2 Å². The standard InChI is InChI=1S/C13H15NO3S/c1-9(16)7-13-14(5-6-15)11-4-3-10(17-2)8-12(11)18-13/h3-4,7-8,15H,5-6H2,1-2H3/b13-7-. The summed E-state index contributed by atoms with van der Waals surface area (Å²) >= 11 is 1.52. The molecule has 5 heteroatoms. The van der Waals surface area contributed by atoms with E-state index in [2.05, 4.69) is 0 Å². The molecule has 0 aromatic heterocycles. The molecule has 1 aromatic carbocycles. The quantitative estimate of drug-likeness (QED) is 0.844. The predicted molar refractivity (Wildman–Crippen MR) is 72.0 cm³/mol. The summed E-state index contributed by atoms with van der Waals surface area (Å²) in [5.74, 6) is 0.787. The van der Waals surface area contributed by atoms with Crippen LogP contribution in [0.5, 0.6) is 5.75 Å². The van der Waals surface area contributed by atoms with Gasteiger partial charge in [0.2, 0.25) is 0 Å². The summed E-state index contributed by atoms with van der Waals surface area (Å²) in [5, 5.41) is 9.96. The zero-order chi connectivity index (χ0) is 13.1. The molecule has 0 atom stereocenters. The van der Waals surface area contributed by atoms with E-state index in [0.29, 0.717) is 6.54 Å². The number of methoxy groups -OCH3 is 1. The van der Waals surface area contributed by atoms with E-state index in [-0.39, 0.29) is 12.4 Å². The van der Waals surface area contributed by atoms with Gasteiger partial charge >= 0.3 is 0 Å². The van der Waals surface area contributed by atoms with Gasteiger partial charge in [-0.05, 0) is 25.1 Å². The van der Waals surface area contributed by atoms with Crippen molar-refractivity contribution in [3.8, 4) is 5.75 Å². The third-order valence-corrected chi connectivity index (χ3v) is 3.68.